The van der Waals surface area contributed by atoms with Crippen molar-refractivity contribution in [3.05, 3.63) is 18.0 Å². The van der Waals surface area contributed by atoms with Gasteiger partial charge in [0.2, 0.25) is 0 Å². The summed E-state index contributed by atoms with van der Waals surface area (Å²) in [7, 11) is 1.50. The van der Waals surface area contributed by atoms with Crippen LogP contribution in [-0.2, 0) is 15.6 Å². The van der Waals surface area contributed by atoms with Crippen LogP contribution in [0.2, 0.25) is 0 Å². The van der Waals surface area contributed by atoms with Crippen LogP contribution in [0.25, 0.3) is 0 Å². The van der Waals surface area contributed by atoms with E-state index in [1.807, 2.05) is 13.8 Å². The SMILES string of the molecule is CCC(C)CC(C)NC(=O)c1cc(S(=O)(=O)Cl)cn1CC. The van der Waals surface area contributed by atoms with E-state index in [0.29, 0.717) is 18.2 Å². The number of nitrogens with one attached hydrogen (secondary N) is 1. The third kappa shape index (κ3) is 5.04. The zero-order valence-corrected chi connectivity index (χ0v) is 14.5. The molecule has 5 nitrogen and oxygen atoms in total. The Morgan fingerprint density at radius 1 is 1.38 bits per heavy atom. The fourth-order valence-corrected chi connectivity index (χ4v) is 2.95. The molecule has 0 aliphatic carbocycles. The van der Waals surface area contributed by atoms with E-state index in [1.165, 1.54) is 12.3 Å². The summed E-state index contributed by atoms with van der Waals surface area (Å²) in [6, 6.07) is 1.35. The predicted octanol–water partition coefficient (Wildman–Crippen LogP) is 2.99. The second-order valence-electron chi connectivity index (χ2n) is 5.41. The summed E-state index contributed by atoms with van der Waals surface area (Å²) in [6.07, 6.45) is 3.33. The number of carbonyl (C=O) groups excluding carboxylic acids is 1. The Balaban J connectivity index is 2.90. The maximum atomic E-state index is 12.3. The molecule has 0 saturated carbocycles. The molecule has 1 aromatic heterocycles. The minimum Gasteiger partial charge on any atom is -0.348 e. The highest BCUT2D eigenvalue weighted by Crippen LogP contribution is 2.19. The Labute approximate surface area is 131 Å². The van der Waals surface area contributed by atoms with Crippen LogP contribution >= 0.6 is 10.7 Å². The van der Waals surface area contributed by atoms with Gasteiger partial charge < -0.3 is 9.88 Å². The van der Waals surface area contributed by atoms with E-state index in [-0.39, 0.29) is 16.8 Å². The number of nitrogens with zero attached hydrogens (tertiary/aromatic N) is 1. The summed E-state index contributed by atoms with van der Waals surface area (Å²) < 4.78 is 24.3. The number of carbonyl (C=O) groups is 1. The molecule has 0 aliphatic heterocycles. The molecule has 0 saturated heterocycles. The van der Waals surface area contributed by atoms with Gasteiger partial charge in [0.05, 0.1) is 0 Å². The van der Waals surface area contributed by atoms with Crippen molar-refractivity contribution in [3.8, 4) is 0 Å². The molecule has 0 radical (unpaired) electrons. The van der Waals surface area contributed by atoms with E-state index in [1.54, 1.807) is 4.57 Å². The van der Waals surface area contributed by atoms with Crippen molar-refractivity contribution >= 4 is 25.6 Å². The van der Waals surface area contributed by atoms with Gasteiger partial charge in [-0.3, -0.25) is 4.79 Å². The van der Waals surface area contributed by atoms with Crippen molar-refractivity contribution < 1.29 is 13.2 Å². The molecule has 120 valence electrons. The Morgan fingerprint density at radius 3 is 2.48 bits per heavy atom. The first-order valence-corrected chi connectivity index (χ1v) is 9.45. The summed E-state index contributed by atoms with van der Waals surface area (Å²) in [5.74, 6) is 0.247. The minimum atomic E-state index is -3.83. The fourth-order valence-electron chi connectivity index (χ4n) is 2.20. The van der Waals surface area contributed by atoms with E-state index in [9.17, 15) is 13.2 Å². The van der Waals surface area contributed by atoms with Crippen LogP contribution in [0.1, 0.15) is 51.0 Å². The van der Waals surface area contributed by atoms with Crippen LogP contribution < -0.4 is 5.32 Å². The highest BCUT2D eigenvalue weighted by Gasteiger charge is 2.20. The Bertz CT molecular complexity index is 595. The zero-order valence-electron chi connectivity index (χ0n) is 12.9. The third-order valence-electron chi connectivity index (χ3n) is 3.56. The molecule has 1 aromatic rings. The number of hydrogen-bond acceptors (Lipinski definition) is 3. The van der Waals surface area contributed by atoms with E-state index < -0.39 is 9.05 Å². The number of rotatable bonds is 7. The number of aromatic nitrogens is 1. The lowest BCUT2D eigenvalue weighted by atomic mass is 10.0. The van der Waals surface area contributed by atoms with Crippen LogP contribution in [-0.4, -0.2) is 24.9 Å². The Morgan fingerprint density at radius 2 is 2.00 bits per heavy atom. The normalized spacial score (nSPS) is 14.7. The number of hydrogen-bond donors (Lipinski definition) is 1. The van der Waals surface area contributed by atoms with E-state index in [2.05, 4.69) is 19.2 Å². The second-order valence-corrected chi connectivity index (χ2v) is 7.97. The van der Waals surface area contributed by atoms with Crippen molar-refractivity contribution in [2.24, 2.45) is 5.92 Å². The predicted molar refractivity (Wildman–Crippen MR) is 84.1 cm³/mol. The summed E-state index contributed by atoms with van der Waals surface area (Å²) in [4.78, 5) is 12.2. The maximum Gasteiger partial charge on any atom is 0.268 e. The summed E-state index contributed by atoms with van der Waals surface area (Å²) >= 11 is 0. The smallest absolute Gasteiger partial charge is 0.268 e. The third-order valence-corrected chi connectivity index (χ3v) is 4.88. The van der Waals surface area contributed by atoms with Gasteiger partial charge >= 0.3 is 0 Å². The van der Waals surface area contributed by atoms with Gasteiger partial charge in [0.1, 0.15) is 10.6 Å². The highest BCUT2D eigenvalue weighted by atomic mass is 35.7. The van der Waals surface area contributed by atoms with Crippen molar-refractivity contribution in [2.45, 2.75) is 58.0 Å². The highest BCUT2D eigenvalue weighted by molar-refractivity contribution is 8.13. The zero-order chi connectivity index (χ0) is 16.2. The second kappa shape index (κ2) is 7.31. The first kappa shape index (κ1) is 18.0. The van der Waals surface area contributed by atoms with Crippen LogP contribution in [0.3, 0.4) is 0 Å². The number of halogens is 1. The molecule has 21 heavy (non-hydrogen) atoms. The topological polar surface area (TPSA) is 68.2 Å². The molecule has 0 fully saturated rings. The molecule has 0 aliphatic rings. The molecule has 2 atom stereocenters. The van der Waals surface area contributed by atoms with Crippen molar-refractivity contribution in [1.82, 2.24) is 9.88 Å². The number of amides is 1. The average molecular weight is 335 g/mol. The van der Waals surface area contributed by atoms with Crippen molar-refractivity contribution in [3.63, 3.8) is 0 Å². The first-order valence-electron chi connectivity index (χ1n) is 7.14. The largest absolute Gasteiger partial charge is 0.348 e. The molecule has 1 N–H and O–H groups in total. The fraction of sp³-hybridized carbons (Fsp3) is 0.643. The summed E-state index contributed by atoms with van der Waals surface area (Å²) in [5.41, 5.74) is 0.313. The van der Waals surface area contributed by atoms with Crippen molar-refractivity contribution in [2.75, 3.05) is 0 Å². The Hall–Kier alpha value is -1.01. The molecule has 0 spiro atoms. The Kier molecular flexibility index (Phi) is 6.28. The van der Waals surface area contributed by atoms with Gasteiger partial charge in [-0.05, 0) is 32.3 Å². The molecule has 0 aromatic carbocycles. The first-order chi connectivity index (χ1) is 9.68. The van der Waals surface area contributed by atoms with Gasteiger partial charge in [-0.1, -0.05) is 20.3 Å². The van der Waals surface area contributed by atoms with Crippen LogP contribution in [0, 0.1) is 5.92 Å². The van der Waals surface area contributed by atoms with Gasteiger partial charge in [-0.25, -0.2) is 8.42 Å². The maximum absolute atomic E-state index is 12.3. The van der Waals surface area contributed by atoms with E-state index >= 15 is 0 Å². The minimum absolute atomic E-state index is 0.0312. The average Bonchev–Trinajstić information content (AvgIpc) is 2.82. The monoisotopic (exact) mass is 334 g/mol. The van der Waals surface area contributed by atoms with E-state index in [4.69, 9.17) is 10.7 Å². The molecule has 7 heteroatoms. The van der Waals surface area contributed by atoms with Crippen LogP contribution in [0.15, 0.2) is 17.2 Å². The lowest BCUT2D eigenvalue weighted by Crippen LogP contribution is -2.34. The molecule has 1 heterocycles. The van der Waals surface area contributed by atoms with Gasteiger partial charge in [0.25, 0.3) is 15.0 Å². The summed E-state index contributed by atoms with van der Waals surface area (Å²) in [6.45, 7) is 8.52. The van der Waals surface area contributed by atoms with Crippen LogP contribution in [0.5, 0.6) is 0 Å². The lowest BCUT2D eigenvalue weighted by Gasteiger charge is -2.18. The molecule has 0 bridgehead atoms. The molecular formula is C14H23ClN2O3S. The van der Waals surface area contributed by atoms with Crippen LogP contribution in [0.4, 0.5) is 0 Å². The number of aryl methyl sites for hydroxylation is 1. The van der Waals surface area contributed by atoms with Gasteiger partial charge in [-0.2, -0.15) is 0 Å². The van der Waals surface area contributed by atoms with Gasteiger partial charge in [0.15, 0.2) is 0 Å². The molecule has 2 unspecified atom stereocenters. The molecule has 1 rings (SSSR count). The standard InChI is InChI=1S/C14H23ClN2O3S/c1-5-10(3)7-11(4)16-14(18)13-8-12(21(15,19)20)9-17(13)6-2/h8-11H,5-7H2,1-4H3,(H,16,18). The van der Waals surface area contributed by atoms with Gasteiger partial charge in [-0.15, -0.1) is 0 Å². The molecule has 1 amide bonds. The summed E-state index contributed by atoms with van der Waals surface area (Å²) in [5, 5.41) is 2.90. The van der Waals surface area contributed by atoms with E-state index in [0.717, 1.165) is 12.8 Å². The lowest BCUT2D eigenvalue weighted by molar-refractivity contribution is 0.0926. The molecular weight excluding hydrogens is 312 g/mol. The van der Waals surface area contributed by atoms with Gasteiger partial charge in [0, 0.05) is 29.5 Å². The quantitative estimate of drug-likeness (QED) is 0.779. The van der Waals surface area contributed by atoms with Crippen molar-refractivity contribution in [1.29, 1.82) is 0 Å².